The van der Waals surface area contributed by atoms with Gasteiger partial charge >= 0.3 is 5.97 Å². The van der Waals surface area contributed by atoms with Crippen molar-refractivity contribution in [2.24, 2.45) is 5.92 Å². The van der Waals surface area contributed by atoms with E-state index in [2.05, 4.69) is 10.6 Å². The molecule has 3 atom stereocenters. The molecule has 1 heterocycles. The van der Waals surface area contributed by atoms with E-state index >= 15 is 0 Å². The Labute approximate surface area is 141 Å². The van der Waals surface area contributed by atoms with Gasteiger partial charge in [0, 0.05) is 6.54 Å². The largest absolute Gasteiger partial charge is 0.479 e. The lowest BCUT2D eigenvalue weighted by Gasteiger charge is -2.21. The summed E-state index contributed by atoms with van der Waals surface area (Å²) in [5.74, 6) is -1.54. The first-order valence-electron chi connectivity index (χ1n) is 8.15. The Morgan fingerprint density at radius 1 is 1.21 bits per heavy atom. The van der Waals surface area contributed by atoms with Crippen molar-refractivity contribution in [2.75, 3.05) is 13.1 Å². The molecule has 1 amide bonds. The first kappa shape index (κ1) is 20.5. The average molecular weight is 344 g/mol. The zero-order valence-electron chi connectivity index (χ0n) is 14.7. The van der Waals surface area contributed by atoms with Gasteiger partial charge in [0.25, 0.3) is 0 Å². The Hall–Kier alpha value is -1.51. The van der Waals surface area contributed by atoms with Gasteiger partial charge in [0.15, 0.2) is 18.0 Å². The molecule has 0 aliphatic carbocycles. The lowest BCUT2D eigenvalue weighted by atomic mass is 10.0. The highest BCUT2D eigenvalue weighted by Crippen LogP contribution is 2.22. The summed E-state index contributed by atoms with van der Waals surface area (Å²) in [4.78, 5) is 34.8. The van der Waals surface area contributed by atoms with Gasteiger partial charge in [-0.15, -0.1) is 0 Å². The highest BCUT2D eigenvalue weighted by atomic mass is 16.6. The molecule has 1 aliphatic rings. The molecule has 1 aliphatic heterocycles. The minimum absolute atomic E-state index is 0.120. The second-order valence-corrected chi connectivity index (χ2v) is 7.20. The number of carboxylic acids is 1. The van der Waals surface area contributed by atoms with Gasteiger partial charge in [-0.1, -0.05) is 13.8 Å². The molecule has 4 N–H and O–H groups in total. The van der Waals surface area contributed by atoms with E-state index in [0.717, 1.165) is 0 Å². The summed E-state index contributed by atoms with van der Waals surface area (Å²) in [7, 11) is 0. The van der Waals surface area contributed by atoms with Crippen LogP contribution >= 0.6 is 0 Å². The molecule has 138 valence electrons. The number of nitrogens with one attached hydrogen (secondary N) is 2. The van der Waals surface area contributed by atoms with Gasteiger partial charge in [0.1, 0.15) is 0 Å². The smallest absolute Gasteiger partial charge is 0.336 e. The highest BCUT2D eigenvalue weighted by Gasteiger charge is 2.50. The summed E-state index contributed by atoms with van der Waals surface area (Å²) in [5, 5.41) is 24.0. The number of ketones is 1. The van der Waals surface area contributed by atoms with Crippen molar-refractivity contribution in [3.05, 3.63) is 0 Å². The van der Waals surface area contributed by atoms with Crippen LogP contribution in [0.5, 0.6) is 0 Å². The van der Waals surface area contributed by atoms with Crippen LogP contribution in [0, 0.1) is 5.92 Å². The third-order valence-corrected chi connectivity index (χ3v) is 3.63. The molecule has 8 heteroatoms. The minimum atomic E-state index is -1.16. The molecule has 3 unspecified atom stereocenters. The number of hydrogen-bond acceptors (Lipinski definition) is 6. The van der Waals surface area contributed by atoms with Crippen LogP contribution in [-0.4, -0.2) is 64.8 Å². The van der Waals surface area contributed by atoms with E-state index in [9.17, 15) is 19.5 Å². The number of epoxide rings is 1. The second kappa shape index (κ2) is 8.55. The van der Waals surface area contributed by atoms with Gasteiger partial charge < -0.3 is 20.3 Å². The third-order valence-electron chi connectivity index (χ3n) is 3.63. The average Bonchev–Trinajstić information content (AvgIpc) is 3.21. The third kappa shape index (κ3) is 7.37. The van der Waals surface area contributed by atoms with Crippen molar-refractivity contribution in [1.29, 1.82) is 0 Å². The number of ether oxygens (including phenoxy) is 1. The number of carbonyl (C=O) groups excluding carboxylic acids is 2. The first-order valence-corrected chi connectivity index (χ1v) is 8.15. The molecule has 8 nitrogen and oxygen atoms in total. The standard InChI is InChI=1S/C16H28N2O6/c1-9(2)7-10(14(20)17-6-5-16(3,4)23)18-8-11(19)12-13(24-12)15(21)22/h9-10,12-13,18,23H,5-8H2,1-4H3,(H,17,20)(H,21,22). The summed E-state index contributed by atoms with van der Waals surface area (Å²) in [6.45, 7) is 7.46. The molecular formula is C16H28N2O6. The SMILES string of the molecule is CC(C)CC(NCC(=O)C1OC1C(=O)O)C(=O)NCCC(C)(C)O. The van der Waals surface area contributed by atoms with Crippen LogP contribution in [0.3, 0.4) is 0 Å². The van der Waals surface area contributed by atoms with Gasteiger partial charge in [-0.2, -0.15) is 0 Å². The fourth-order valence-corrected chi connectivity index (χ4v) is 2.24. The highest BCUT2D eigenvalue weighted by molar-refractivity contribution is 5.95. The van der Waals surface area contributed by atoms with Gasteiger partial charge in [0.05, 0.1) is 18.2 Å². The minimum Gasteiger partial charge on any atom is -0.479 e. The summed E-state index contributed by atoms with van der Waals surface area (Å²) in [5.41, 5.74) is -0.862. The number of amides is 1. The molecular weight excluding hydrogens is 316 g/mol. The molecule has 1 saturated heterocycles. The molecule has 1 fully saturated rings. The van der Waals surface area contributed by atoms with Crippen LogP contribution in [0.25, 0.3) is 0 Å². The van der Waals surface area contributed by atoms with Gasteiger partial charge in [-0.25, -0.2) is 4.79 Å². The summed E-state index contributed by atoms with van der Waals surface area (Å²) in [6, 6.07) is -0.558. The number of rotatable bonds is 11. The molecule has 24 heavy (non-hydrogen) atoms. The molecule has 0 aromatic rings. The number of aliphatic hydroxyl groups is 1. The number of Topliss-reactive ketones (excluding diaryl/α,β-unsaturated/α-hetero) is 1. The Bertz CT molecular complexity index is 472. The molecule has 0 spiro atoms. The van der Waals surface area contributed by atoms with Crippen molar-refractivity contribution < 1.29 is 29.3 Å². The predicted octanol–water partition coefficient (Wildman–Crippen LogP) is -0.311. The molecule has 0 radical (unpaired) electrons. The predicted molar refractivity (Wildman–Crippen MR) is 86.5 cm³/mol. The van der Waals surface area contributed by atoms with E-state index in [4.69, 9.17) is 9.84 Å². The van der Waals surface area contributed by atoms with Crippen molar-refractivity contribution in [3.63, 3.8) is 0 Å². The van der Waals surface area contributed by atoms with Gasteiger partial charge in [-0.3, -0.25) is 14.9 Å². The van der Waals surface area contributed by atoms with Crippen LogP contribution in [0.4, 0.5) is 0 Å². The van der Waals surface area contributed by atoms with Crippen LogP contribution in [0.15, 0.2) is 0 Å². The molecule has 0 aromatic carbocycles. The maximum Gasteiger partial charge on any atom is 0.336 e. The van der Waals surface area contributed by atoms with E-state index in [1.54, 1.807) is 13.8 Å². The fourth-order valence-electron chi connectivity index (χ4n) is 2.24. The monoisotopic (exact) mass is 344 g/mol. The van der Waals surface area contributed by atoms with E-state index in [0.29, 0.717) is 19.4 Å². The second-order valence-electron chi connectivity index (χ2n) is 7.20. The maximum atomic E-state index is 12.2. The van der Waals surface area contributed by atoms with E-state index in [1.165, 1.54) is 0 Å². The molecule has 0 bridgehead atoms. The number of hydrogen-bond donors (Lipinski definition) is 4. The Balaban J connectivity index is 2.45. The van der Waals surface area contributed by atoms with Crippen LogP contribution < -0.4 is 10.6 Å². The summed E-state index contributed by atoms with van der Waals surface area (Å²) in [6.07, 6.45) is -1.03. The number of aliphatic carboxylic acids is 1. The zero-order valence-corrected chi connectivity index (χ0v) is 14.7. The van der Waals surface area contributed by atoms with E-state index in [1.807, 2.05) is 13.8 Å². The van der Waals surface area contributed by atoms with Gasteiger partial charge in [-0.05, 0) is 32.6 Å². The quantitative estimate of drug-likeness (QED) is 0.378. The lowest BCUT2D eigenvalue weighted by molar-refractivity contribution is -0.138. The summed E-state index contributed by atoms with van der Waals surface area (Å²) >= 11 is 0. The van der Waals surface area contributed by atoms with Crippen LogP contribution in [0.1, 0.15) is 40.5 Å². The Kier molecular flexibility index (Phi) is 7.31. The maximum absolute atomic E-state index is 12.2. The summed E-state index contributed by atoms with van der Waals surface area (Å²) < 4.78 is 4.80. The van der Waals surface area contributed by atoms with E-state index in [-0.39, 0.29) is 24.2 Å². The van der Waals surface area contributed by atoms with Crippen LogP contribution in [0.2, 0.25) is 0 Å². The Morgan fingerprint density at radius 2 is 1.83 bits per heavy atom. The van der Waals surface area contributed by atoms with Crippen molar-refractivity contribution in [1.82, 2.24) is 10.6 Å². The number of carbonyl (C=O) groups is 3. The van der Waals surface area contributed by atoms with Crippen molar-refractivity contribution in [3.8, 4) is 0 Å². The van der Waals surface area contributed by atoms with Crippen LogP contribution in [-0.2, 0) is 19.1 Å². The van der Waals surface area contributed by atoms with E-state index < -0.39 is 29.8 Å². The molecule has 0 saturated carbocycles. The van der Waals surface area contributed by atoms with Crippen molar-refractivity contribution >= 4 is 17.7 Å². The zero-order chi connectivity index (χ0) is 18.5. The normalized spacial score (nSPS) is 21.4. The Morgan fingerprint density at radius 3 is 2.29 bits per heavy atom. The fraction of sp³-hybridized carbons (Fsp3) is 0.812. The topological polar surface area (TPSA) is 128 Å². The first-order chi connectivity index (χ1) is 11.0. The number of carboxylic acid groups (broad SMARTS) is 1. The lowest BCUT2D eigenvalue weighted by Crippen LogP contribution is -2.48. The molecule has 1 rings (SSSR count). The molecule has 0 aromatic heterocycles. The van der Waals surface area contributed by atoms with Gasteiger partial charge in [0.2, 0.25) is 5.91 Å². The van der Waals surface area contributed by atoms with Crippen molar-refractivity contribution in [2.45, 2.75) is 64.4 Å².